The van der Waals surface area contributed by atoms with Crippen LogP contribution >= 0.6 is 0 Å². The van der Waals surface area contributed by atoms with E-state index in [2.05, 4.69) is 6.58 Å². The second kappa shape index (κ2) is 5.80. The third-order valence-electron chi connectivity index (χ3n) is 5.08. The van der Waals surface area contributed by atoms with Crippen LogP contribution in [0.15, 0.2) is 36.0 Å². The Labute approximate surface area is 136 Å². The molecular formula is C18H22N2O3. The SMILES string of the molecule is C=CC1=C(/C=C\C)CN(C2(C(=O)N3CCCC3C=O)CC2)C1=O. The first kappa shape index (κ1) is 15.7. The maximum atomic E-state index is 13.0. The zero-order chi connectivity index (χ0) is 16.6. The van der Waals surface area contributed by atoms with Crippen LogP contribution in [0.2, 0.25) is 0 Å². The van der Waals surface area contributed by atoms with Crippen LogP contribution in [0.4, 0.5) is 0 Å². The van der Waals surface area contributed by atoms with E-state index < -0.39 is 5.54 Å². The van der Waals surface area contributed by atoms with Crippen LogP contribution in [0.5, 0.6) is 0 Å². The first-order chi connectivity index (χ1) is 11.1. The normalized spacial score (nSPS) is 26.3. The van der Waals surface area contributed by atoms with E-state index in [1.807, 2.05) is 19.1 Å². The summed E-state index contributed by atoms with van der Waals surface area (Å²) in [7, 11) is 0. The van der Waals surface area contributed by atoms with Gasteiger partial charge in [-0.2, -0.15) is 0 Å². The Bertz CT molecular complexity index is 628. The van der Waals surface area contributed by atoms with Crippen molar-refractivity contribution < 1.29 is 14.4 Å². The van der Waals surface area contributed by atoms with Crippen LogP contribution in [0.1, 0.15) is 32.6 Å². The van der Waals surface area contributed by atoms with Crippen molar-refractivity contribution in [1.82, 2.24) is 9.80 Å². The van der Waals surface area contributed by atoms with Gasteiger partial charge in [-0.1, -0.05) is 24.8 Å². The van der Waals surface area contributed by atoms with Crippen molar-refractivity contribution in [3.8, 4) is 0 Å². The number of allylic oxidation sites excluding steroid dienone is 1. The molecule has 2 fully saturated rings. The van der Waals surface area contributed by atoms with E-state index in [0.717, 1.165) is 24.7 Å². The smallest absolute Gasteiger partial charge is 0.255 e. The van der Waals surface area contributed by atoms with Gasteiger partial charge in [0, 0.05) is 18.7 Å². The summed E-state index contributed by atoms with van der Waals surface area (Å²) in [5.74, 6) is -0.189. The van der Waals surface area contributed by atoms with Crippen molar-refractivity contribution in [3.05, 3.63) is 36.0 Å². The molecule has 0 spiro atoms. The lowest BCUT2D eigenvalue weighted by Gasteiger charge is -2.32. The Hall–Kier alpha value is -2.17. The van der Waals surface area contributed by atoms with Gasteiger partial charge in [-0.25, -0.2) is 0 Å². The Balaban J connectivity index is 1.85. The fraction of sp³-hybridized carbons (Fsp3) is 0.500. The highest BCUT2D eigenvalue weighted by molar-refractivity contribution is 6.05. The molecule has 1 saturated heterocycles. The fourth-order valence-corrected chi connectivity index (χ4v) is 3.69. The molecular weight excluding hydrogens is 292 g/mol. The van der Waals surface area contributed by atoms with Gasteiger partial charge in [0.05, 0.1) is 6.04 Å². The summed E-state index contributed by atoms with van der Waals surface area (Å²) in [6, 6.07) is -0.334. The number of nitrogens with zero attached hydrogens (tertiary/aromatic N) is 2. The number of aldehydes is 1. The van der Waals surface area contributed by atoms with E-state index in [9.17, 15) is 14.4 Å². The molecule has 23 heavy (non-hydrogen) atoms. The molecule has 3 rings (SSSR count). The molecule has 2 heterocycles. The van der Waals surface area contributed by atoms with Crippen LogP contribution in [-0.2, 0) is 14.4 Å². The molecule has 3 aliphatic rings. The lowest BCUT2D eigenvalue weighted by molar-refractivity contribution is -0.146. The molecule has 1 unspecified atom stereocenters. The standard InChI is InChI=1S/C18H22N2O3/c1-3-6-13-11-20(16(22)15(13)4-2)18(8-9-18)17(23)19-10-5-7-14(19)12-21/h3-4,6,12,14H,2,5,7-11H2,1H3/b6-3-. The molecule has 2 aliphatic heterocycles. The molecule has 5 nitrogen and oxygen atoms in total. The predicted molar refractivity (Wildman–Crippen MR) is 86.5 cm³/mol. The molecule has 122 valence electrons. The molecule has 1 atom stereocenters. The fourth-order valence-electron chi connectivity index (χ4n) is 3.69. The van der Waals surface area contributed by atoms with Gasteiger partial charge in [-0.3, -0.25) is 9.59 Å². The monoisotopic (exact) mass is 314 g/mol. The van der Waals surface area contributed by atoms with Crippen LogP contribution in [0, 0.1) is 0 Å². The van der Waals surface area contributed by atoms with Gasteiger partial charge in [-0.05, 0) is 38.2 Å². The Kier molecular flexibility index (Phi) is 3.96. The average molecular weight is 314 g/mol. The van der Waals surface area contributed by atoms with Crippen molar-refractivity contribution in [1.29, 1.82) is 0 Å². The van der Waals surface area contributed by atoms with Crippen molar-refractivity contribution in [2.45, 2.75) is 44.2 Å². The van der Waals surface area contributed by atoms with E-state index >= 15 is 0 Å². The second-order valence-corrected chi connectivity index (χ2v) is 6.41. The largest absolute Gasteiger partial charge is 0.331 e. The third kappa shape index (κ3) is 2.35. The summed E-state index contributed by atoms with van der Waals surface area (Å²) in [5.41, 5.74) is 0.732. The number of amides is 2. The van der Waals surface area contributed by atoms with Gasteiger partial charge in [-0.15, -0.1) is 0 Å². The second-order valence-electron chi connectivity index (χ2n) is 6.41. The van der Waals surface area contributed by atoms with Crippen molar-refractivity contribution in [2.75, 3.05) is 13.1 Å². The summed E-state index contributed by atoms with van der Waals surface area (Å²) < 4.78 is 0. The number of likely N-dealkylation sites (tertiary alicyclic amines) is 1. The molecule has 0 aromatic carbocycles. The zero-order valence-electron chi connectivity index (χ0n) is 13.5. The van der Waals surface area contributed by atoms with Gasteiger partial charge in [0.2, 0.25) is 5.91 Å². The summed E-state index contributed by atoms with van der Waals surface area (Å²) in [6.07, 6.45) is 9.13. The lowest BCUT2D eigenvalue weighted by Crippen LogP contribution is -2.53. The highest BCUT2D eigenvalue weighted by Crippen LogP contribution is 2.47. The van der Waals surface area contributed by atoms with Gasteiger partial charge in [0.15, 0.2) is 0 Å². The molecule has 2 amide bonds. The molecule has 0 N–H and O–H groups in total. The van der Waals surface area contributed by atoms with E-state index in [-0.39, 0.29) is 17.9 Å². The van der Waals surface area contributed by atoms with Gasteiger partial charge < -0.3 is 14.6 Å². The number of hydrogen-bond acceptors (Lipinski definition) is 3. The van der Waals surface area contributed by atoms with Crippen molar-refractivity contribution in [3.63, 3.8) is 0 Å². The minimum absolute atomic E-state index is 0.0643. The predicted octanol–water partition coefficient (Wildman–Crippen LogP) is 1.61. The Morgan fingerprint density at radius 2 is 2.13 bits per heavy atom. The highest BCUT2D eigenvalue weighted by atomic mass is 16.2. The first-order valence-corrected chi connectivity index (χ1v) is 8.15. The molecule has 0 aromatic rings. The number of rotatable bonds is 5. The van der Waals surface area contributed by atoms with Crippen LogP contribution in [0.25, 0.3) is 0 Å². The van der Waals surface area contributed by atoms with E-state index in [1.165, 1.54) is 0 Å². The third-order valence-corrected chi connectivity index (χ3v) is 5.08. The Morgan fingerprint density at radius 3 is 2.70 bits per heavy atom. The topological polar surface area (TPSA) is 57.7 Å². The molecule has 0 bridgehead atoms. The Morgan fingerprint density at radius 1 is 1.39 bits per heavy atom. The van der Waals surface area contributed by atoms with Gasteiger partial charge in [0.25, 0.3) is 5.91 Å². The van der Waals surface area contributed by atoms with E-state index in [0.29, 0.717) is 31.5 Å². The summed E-state index contributed by atoms with van der Waals surface area (Å²) in [4.78, 5) is 40.2. The molecule has 0 radical (unpaired) electrons. The highest BCUT2D eigenvalue weighted by Gasteiger charge is 2.60. The maximum Gasteiger partial charge on any atom is 0.255 e. The zero-order valence-corrected chi connectivity index (χ0v) is 13.5. The van der Waals surface area contributed by atoms with Crippen molar-refractivity contribution in [2.24, 2.45) is 0 Å². The number of carbonyl (C=O) groups is 3. The molecule has 1 aliphatic carbocycles. The summed E-state index contributed by atoms with van der Waals surface area (Å²) in [5, 5.41) is 0. The summed E-state index contributed by atoms with van der Waals surface area (Å²) >= 11 is 0. The molecule has 1 saturated carbocycles. The molecule has 0 aromatic heterocycles. The quantitative estimate of drug-likeness (QED) is 0.724. The minimum atomic E-state index is -0.750. The van der Waals surface area contributed by atoms with Gasteiger partial charge >= 0.3 is 0 Å². The van der Waals surface area contributed by atoms with Crippen molar-refractivity contribution >= 4 is 18.1 Å². The maximum absolute atomic E-state index is 13.0. The van der Waals surface area contributed by atoms with Crippen LogP contribution < -0.4 is 0 Å². The van der Waals surface area contributed by atoms with Gasteiger partial charge in [0.1, 0.15) is 11.8 Å². The van der Waals surface area contributed by atoms with Crippen LogP contribution in [-0.4, -0.2) is 52.6 Å². The average Bonchev–Trinajstić information content (AvgIpc) is 3.10. The van der Waals surface area contributed by atoms with Crippen LogP contribution in [0.3, 0.4) is 0 Å². The number of carbonyl (C=O) groups excluding carboxylic acids is 3. The first-order valence-electron chi connectivity index (χ1n) is 8.15. The number of hydrogen-bond donors (Lipinski definition) is 0. The van der Waals surface area contributed by atoms with E-state index in [4.69, 9.17) is 0 Å². The lowest BCUT2D eigenvalue weighted by atomic mass is 10.1. The molecule has 5 heteroatoms. The minimum Gasteiger partial charge on any atom is -0.331 e. The van der Waals surface area contributed by atoms with E-state index in [1.54, 1.807) is 15.9 Å². The summed E-state index contributed by atoms with van der Waals surface area (Å²) in [6.45, 7) is 6.68.